The molecule has 0 aliphatic carbocycles. The van der Waals surface area contributed by atoms with Gasteiger partial charge >= 0.3 is 0 Å². The molecule has 6 amide bonds. The van der Waals surface area contributed by atoms with E-state index in [4.69, 9.17) is 21.3 Å². The number of piperidine rings is 3. The summed E-state index contributed by atoms with van der Waals surface area (Å²) < 4.78 is 5.79. The maximum Gasteiger partial charge on any atom is 0.257 e. The predicted molar refractivity (Wildman–Crippen MR) is 235 cm³/mol. The highest BCUT2D eigenvalue weighted by molar-refractivity contribution is 6.33. The monoisotopic (exact) mass is 874 g/mol. The average molecular weight is 875 g/mol. The van der Waals surface area contributed by atoms with Gasteiger partial charge in [0.15, 0.2) is 6.61 Å². The second-order valence-corrected chi connectivity index (χ2v) is 16.9. The summed E-state index contributed by atoms with van der Waals surface area (Å²) in [7, 11) is 0. The minimum atomic E-state index is -0.741. The zero-order valence-corrected chi connectivity index (χ0v) is 35.8. The van der Waals surface area contributed by atoms with Crippen molar-refractivity contribution >= 4 is 53.0 Å². The average Bonchev–Trinajstić information content (AvgIpc) is 3.65. The number of aromatic nitrogens is 2. The van der Waals surface area contributed by atoms with E-state index in [9.17, 15) is 28.8 Å². The van der Waals surface area contributed by atoms with E-state index < -0.39 is 11.9 Å². The Morgan fingerprint density at radius 1 is 0.825 bits per heavy atom. The zero-order valence-electron chi connectivity index (χ0n) is 35.0. The number of unbranched alkanes of at least 4 members (excludes halogenated alkanes) is 1. The van der Waals surface area contributed by atoms with Crippen molar-refractivity contribution in [3.8, 4) is 28.1 Å². The molecular formula is C47H51ClN8O7. The summed E-state index contributed by atoms with van der Waals surface area (Å²) in [4.78, 5) is 90.7. The number of anilines is 1. The van der Waals surface area contributed by atoms with Gasteiger partial charge in [-0.1, -0.05) is 66.2 Å². The lowest BCUT2D eigenvalue weighted by molar-refractivity contribution is -0.141. The lowest BCUT2D eigenvalue weighted by Crippen LogP contribution is -2.52. The van der Waals surface area contributed by atoms with E-state index in [1.54, 1.807) is 24.4 Å². The van der Waals surface area contributed by atoms with Crippen LogP contribution in [0.25, 0.3) is 22.4 Å². The van der Waals surface area contributed by atoms with E-state index in [0.717, 1.165) is 29.5 Å². The SMILES string of the molecule is O=C(COc1cccc2c1CN(C1CCC(=O)NC1=O)C2=O)NCCCCC(=O)N1CCC(C(=O)N2CCC(Nc3ncc(Cl)c(-c4cccc(-c5ccccc5)c4)n3)CC2)CC1. The van der Waals surface area contributed by atoms with E-state index in [0.29, 0.717) is 98.4 Å². The van der Waals surface area contributed by atoms with Crippen LogP contribution in [0, 0.1) is 5.92 Å². The standard InChI is InChI=1S/C47H51ClN8O7/c48-37-27-50-47(53-43(37)33-11-6-10-32(26-33)30-8-2-1-3-9-30)51-34-19-24-55(25-20-34)45(61)31-17-22-54(23-18-31)42(59)14-4-5-21-49-41(58)29-63-39-13-7-12-35-36(39)28-56(46(35)62)38-15-16-40(57)52-44(38)60/h1-3,6-13,26-27,31,34,38H,4-5,14-25,28-29H2,(H,49,58)(H,50,51,53)(H,52,57,60). The number of imide groups is 1. The number of hydrogen-bond acceptors (Lipinski definition) is 10. The highest BCUT2D eigenvalue weighted by Crippen LogP contribution is 2.34. The number of likely N-dealkylation sites (tertiary alicyclic amines) is 2. The summed E-state index contributed by atoms with van der Waals surface area (Å²) in [5, 5.41) is 9.06. The molecule has 0 spiro atoms. The fourth-order valence-corrected chi connectivity index (χ4v) is 9.05. The number of rotatable bonds is 14. The number of nitrogens with one attached hydrogen (secondary N) is 3. The van der Waals surface area contributed by atoms with Crippen LogP contribution in [0.4, 0.5) is 5.95 Å². The molecule has 16 heteroatoms. The van der Waals surface area contributed by atoms with Crippen LogP contribution >= 0.6 is 11.6 Å². The molecule has 0 radical (unpaired) electrons. The summed E-state index contributed by atoms with van der Waals surface area (Å²) in [6, 6.07) is 22.7. The molecule has 0 bridgehead atoms. The summed E-state index contributed by atoms with van der Waals surface area (Å²) in [5.74, 6) is -0.489. The first-order chi connectivity index (χ1) is 30.6. The molecule has 4 aliphatic heterocycles. The van der Waals surface area contributed by atoms with Gasteiger partial charge in [0.2, 0.25) is 29.6 Å². The molecule has 0 saturated carbocycles. The molecule has 3 aromatic carbocycles. The van der Waals surface area contributed by atoms with E-state index in [1.807, 2.05) is 40.1 Å². The Hall–Kier alpha value is -6.35. The van der Waals surface area contributed by atoms with Crippen molar-refractivity contribution in [2.24, 2.45) is 5.92 Å². The van der Waals surface area contributed by atoms with Crippen molar-refractivity contribution < 1.29 is 33.5 Å². The van der Waals surface area contributed by atoms with Gasteiger partial charge in [-0.25, -0.2) is 9.97 Å². The van der Waals surface area contributed by atoms with E-state index in [1.165, 1.54) is 4.90 Å². The molecule has 15 nitrogen and oxygen atoms in total. The Kier molecular flexibility index (Phi) is 13.6. The van der Waals surface area contributed by atoms with Gasteiger partial charge in [-0.2, -0.15) is 0 Å². The van der Waals surface area contributed by atoms with Gasteiger partial charge in [-0.3, -0.25) is 34.1 Å². The van der Waals surface area contributed by atoms with Gasteiger partial charge in [-0.15, -0.1) is 0 Å². The van der Waals surface area contributed by atoms with Crippen molar-refractivity contribution in [1.29, 1.82) is 0 Å². The minimum Gasteiger partial charge on any atom is -0.483 e. The van der Waals surface area contributed by atoms with Crippen LogP contribution in [0.15, 0.2) is 79.0 Å². The molecule has 1 unspecified atom stereocenters. The van der Waals surface area contributed by atoms with Crippen molar-refractivity contribution in [2.45, 2.75) is 76.4 Å². The van der Waals surface area contributed by atoms with Crippen molar-refractivity contribution in [1.82, 2.24) is 35.3 Å². The molecule has 3 fully saturated rings. The van der Waals surface area contributed by atoms with Crippen molar-refractivity contribution in [2.75, 3.05) is 44.6 Å². The largest absolute Gasteiger partial charge is 0.483 e. The van der Waals surface area contributed by atoms with E-state index in [-0.39, 0.29) is 67.5 Å². The number of carbonyl (C=O) groups is 6. The fraction of sp³-hybridized carbons (Fsp3) is 0.404. The third-order valence-corrected chi connectivity index (χ3v) is 12.6. The molecule has 4 aromatic rings. The maximum atomic E-state index is 13.5. The predicted octanol–water partition coefficient (Wildman–Crippen LogP) is 5.23. The molecule has 3 saturated heterocycles. The number of nitrogens with zero attached hydrogens (tertiary/aromatic N) is 5. The molecule has 1 atom stereocenters. The molecule has 63 heavy (non-hydrogen) atoms. The quantitative estimate of drug-likeness (QED) is 0.112. The summed E-state index contributed by atoms with van der Waals surface area (Å²) in [6.07, 6.45) is 6.44. The van der Waals surface area contributed by atoms with E-state index in [2.05, 4.69) is 45.2 Å². The lowest BCUT2D eigenvalue weighted by atomic mass is 9.93. The first-order valence-corrected chi connectivity index (χ1v) is 22.2. The second-order valence-electron chi connectivity index (χ2n) is 16.5. The molecular weight excluding hydrogens is 824 g/mol. The normalized spacial score (nSPS) is 18.2. The highest BCUT2D eigenvalue weighted by Gasteiger charge is 2.40. The first kappa shape index (κ1) is 43.3. The second kappa shape index (κ2) is 19.8. The first-order valence-electron chi connectivity index (χ1n) is 21.8. The van der Waals surface area contributed by atoms with Crippen LogP contribution in [-0.4, -0.2) is 112 Å². The van der Waals surface area contributed by atoms with Crippen molar-refractivity contribution in [3.63, 3.8) is 0 Å². The Bertz CT molecular complexity index is 2360. The summed E-state index contributed by atoms with van der Waals surface area (Å²) >= 11 is 6.58. The van der Waals surface area contributed by atoms with Gasteiger partial charge in [0.1, 0.15) is 11.8 Å². The van der Waals surface area contributed by atoms with Gasteiger partial charge in [0, 0.05) is 74.2 Å². The smallest absolute Gasteiger partial charge is 0.257 e. The lowest BCUT2D eigenvalue weighted by Gasteiger charge is -2.37. The van der Waals surface area contributed by atoms with Gasteiger partial charge in [0.05, 0.1) is 23.5 Å². The number of carbonyl (C=O) groups excluding carboxylic acids is 6. The Morgan fingerprint density at radius 2 is 1.56 bits per heavy atom. The number of ether oxygens (including phenoxy) is 1. The number of halogens is 1. The molecule has 8 rings (SSSR count). The Morgan fingerprint density at radius 3 is 2.33 bits per heavy atom. The molecule has 4 aliphatic rings. The number of amides is 6. The molecule has 328 valence electrons. The number of hydrogen-bond donors (Lipinski definition) is 3. The molecule has 1 aromatic heterocycles. The Labute approximate surface area is 370 Å². The third-order valence-electron chi connectivity index (χ3n) is 12.4. The minimum absolute atomic E-state index is 0.0535. The van der Waals surface area contributed by atoms with Crippen LogP contribution in [-0.2, 0) is 30.5 Å². The van der Waals surface area contributed by atoms with Gasteiger partial charge < -0.3 is 30.1 Å². The van der Waals surface area contributed by atoms with E-state index >= 15 is 0 Å². The topological polar surface area (TPSA) is 183 Å². The van der Waals surface area contributed by atoms with Crippen LogP contribution < -0.4 is 20.7 Å². The summed E-state index contributed by atoms with van der Waals surface area (Å²) in [6.45, 7) is 2.64. The molecule has 3 N–H and O–H groups in total. The number of fused-ring (bicyclic) bond motifs is 1. The summed E-state index contributed by atoms with van der Waals surface area (Å²) in [5.41, 5.74) is 4.76. The van der Waals surface area contributed by atoms with Crippen LogP contribution in [0.3, 0.4) is 0 Å². The molecule has 5 heterocycles. The van der Waals surface area contributed by atoms with Crippen LogP contribution in [0.2, 0.25) is 5.02 Å². The fourth-order valence-electron chi connectivity index (χ4n) is 8.85. The maximum absolute atomic E-state index is 13.5. The zero-order chi connectivity index (χ0) is 43.9. The van der Waals surface area contributed by atoms with Crippen LogP contribution in [0.1, 0.15) is 73.7 Å². The van der Waals surface area contributed by atoms with Crippen LogP contribution in [0.5, 0.6) is 5.75 Å². The number of benzene rings is 3. The Balaban J connectivity index is 0.708. The van der Waals surface area contributed by atoms with Crippen molar-refractivity contribution in [3.05, 3.63) is 95.1 Å². The highest BCUT2D eigenvalue weighted by atomic mass is 35.5. The third kappa shape index (κ3) is 10.3. The van der Waals surface area contributed by atoms with Gasteiger partial charge in [-0.05, 0) is 74.3 Å². The van der Waals surface area contributed by atoms with Gasteiger partial charge in [0.25, 0.3) is 11.8 Å².